The average Bonchev–Trinajstić information content (AvgIpc) is 3.41. The number of para-hydroxylation sites is 1. The molecule has 166 valence electrons. The molecule has 0 saturated heterocycles. The molecule has 0 aliphatic heterocycles. The Labute approximate surface area is 201 Å². The van der Waals surface area contributed by atoms with E-state index in [9.17, 15) is 5.11 Å². The van der Waals surface area contributed by atoms with Crippen LogP contribution in [0.2, 0.25) is 10.0 Å². The highest BCUT2D eigenvalue weighted by molar-refractivity contribution is 6.38. The van der Waals surface area contributed by atoms with E-state index in [-0.39, 0.29) is 22.9 Å². The van der Waals surface area contributed by atoms with E-state index in [0.717, 1.165) is 16.5 Å². The van der Waals surface area contributed by atoms with Crippen LogP contribution in [0.4, 0.5) is 0 Å². The fourth-order valence-corrected chi connectivity index (χ4v) is 4.39. The summed E-state index contributed by atoms with van der Waals surface area (Å²) in [6, 6.07) is 19.1. The van der Waals surface area contributed by atoms with Crippen molar-refractivity contribution in [3.05, 3.63) is 82.5 Å². The van der Waals surface area contributed by atoms with Gasteiger partial charge in [0.05, 0.1) is 32.4 Å². The first-order chi connectivity index (χ1) is 15.7. The number of phenols is 1. The van der Waals surface area contributed by atoms with Crippen molar-refractivity contribution in [1.82, 2.24) is 14.7 Å². The van der Waals surface area contributed by atoms with Crippen LogP contribution in [-0.2, 0) is 5.41 Å². The molecule has 0 bridgehead atoms. The van der Waals surface area contributed by atoms with Crippen molar-refractivity contribution >= 4 is 34.1 Å². The van der Waals surface area contributed by atoms with E-state index >= 15 is 0 Å². The topological polar surface area (TPSA) is 64.1 Å². The molecule has 5 nitrogen and oxygen atoms in total. The lowest BCUT2D eigenvalue weighted by Gasteiger charge is -2.22. The van der Waals surface area contributed by atoms with E-state index in [1.807, 2.05) is 53.2 Å². The van der Waals surface area contributed by atoms with Crippen LogP contribution >= 0.6 is 23.2 Å². The van der Waals surface area contributed by atoms with Crippen LogP contribution in [0.3, 0.4) is 0 Å². The third-order valence-corrected chi connectivity index (χ3v) is 6.29. The predicted molar refractivity (Wildman–Crippen MR) is 132 cm³/mol. The first kappa shape index (κ1) is 21.6. The van der Waals surface area contributed by atoms with Gasteiger partial charge in [0.25, 0.3) is 5.89 Å². The lowest BCUT2D eigenvalue weighted by Crippen LogP contribution is -2.12. The van der Waals surface area contributed by atoms with E-state index < -0.39 is 0 Å². The van der Waals surface area contributed by atoms with Crippen molar-refractivity contribution in [2.75, 3.05) is 0 Å². The number of aromatic hydroxyl groups is 1. The number of rotatable bonds is 3. The number of hydrogen-bond acceptors (Lipinski definition) is 4. The Morgan fingerprint density at radius 2 is 1.67 bits per heavy atom. The van der Waals surface area contributed by atoms with E-state index in [2.05, 4.69) is 30.9 Å². The number of halogens is 2. The summed E-state index contributed by atoms with van der Waals surface area (Å²) in [5.41, 5.74) is 3.39. The monoisotopic (exact) mass is 477 g/mol. The molecule has 0 spiro atoms. The number of phenolic OH excluding ortho intramolecular Hbond substituents is 1. The van der Waals surface area contributed by atoms with Crippen molar-refractivity contribution in [2.24, 2.45) is 0 Å². The van der Waals surface area contributed by atoms with E-state index in [1.165, 1.54) is 0 Å². The Bertz CT molecular complexity index is 1480. The summed E-state index contributed by atoms with van der Waals surface area (Å²) in [5.74, 6) is 0.499. The molecule has 0 radical (unpaired) electrons. The average molecular weight is 478 g/mol. The van der Waals surface area contributed by atoms with Gasteiger partial charge in [0, 0.05) is 6.20 Å². The quantitative estimate of drug-likeness (QED) is 0.289. The molecule has 2 aromatic heterocycles. The number of benzene rings is 3. The number of aromatic nitrogens is 3. The molecule has 1 N–H and O–H groups in total. The van der Waals surface area contributed by atoms with Gasteiger partial charge in [0.2, 0.25) is 5.82 Å². The van der Waals surface area contributed by atoms with Gasteiger partial charge >= 0.3 is 0 Å². The van der Waals surface area contributed by atoms with Crippen molar-refractivity contribution < 1.29 is 9.63 Å². The van der Waals surface area contributed by atoms with Crippen molar-refractivity contribution in [3.8, 4) is 34.3 Å². The zero-order chi connectivity index (χ0) is 23.3. The van der Waals surface area contributed by atoms with Gasteiger partial charge in [-0.2, -0.15) is 4.98 Å². The minimum Gasteiger partial charge on any atom is -0.505 e. The SMILES string of the molecule is CC(C)(C)c1cc(-c2noc(-c3c(Cl)cccc3Cl)n2)c(O)c(-n2ccc3ccccc32)c1. The third-order valence-electron chi connectivity index (χ3n) is 5.66. The van der Waals surface area contributed by atoms with Gasteiger partial charge in [0.1, 0.15) is 0 Å². The molecule has 0 saturated carbocycles. The maximum Gasteiger partial charge on any atom is 0.261 e. The highest BCUT2D eigenvalue weighted by Crippen LogP contribution is 2.41. The molecule has 5 aromatic rings. The second kappa shape index (κ2) is 7.94. The summed E-state index contributed by atoms with van der Waals surface area (Å²) in [4.78, 5) is 4.53. The van der Waals surface area contributed by atoms with Crippen LogP contribution in [0, 0.1) is 0 Å². The minimum absolute atomic E-state index is 0.0574. The highest BCUT2D eigenvalue weighted by atomic mass is 35.5. The summed E-state index contributed by atoms with van der Waals surface area (Å²) in [5, 5.41) is 17.4. The standard InChI is InChI=1S/C26H21Cl2N3O2/c1-26(2,3)16-13-17(24-29-25(33-30-24)22-18(27)8-6-9-19(22)28)23(32)21(14-16)31-12-11-15-7-4-5-10-20(15)31/h4-14,32H,1-3H3. The predicted octanol–water partition coefficient (Wildman–Crippen LogP) is 7.66. The smallest absolute Gasteiger partial charge is 0.261 e. The molecule has 0 amide bonds. The molecule has 0 atom stereocenters. The molecule has 0 unspecified atom stereocenters. The molecule has 7 heteroatoms. The van der Waals surface area contributed by atoms with Gasteiger partial charge in [-0.3, -0.25) is 0 Å². The Morgan fingerprint density at radius 1 is 0.939 bits per heavy atom. The molecule has 3 aromatic carbocycles. The lowest BCUT2D eigenvalue weighted by molar-refractivity contribution is 0.431. The molecular weight excluding hydrogens is 457 g/mol. The maximum atomic E-state index is 11.4. The van der Waals surface area contributed by atoms with Gasteiger partial charge in [-0.25, -0.2) is 0 Å². The van der Waals surface area contributed by atoms with E-state index in [1.54, 1.807) is 18.2 Å². The number of nitrogens with zero attached hydrogens (tertiary/aromatic N) is 3. The highest BCUT2D eigenvalue weighted by Gasteiger charge is 2.24. The van der Waals surface area contributed by atoms with E-state index in [0.29, 0.717) is 26.9 Å². The van der Waals surface area contributed by atoms with Gasteiger partial charge in [0.15, 0.2) is 5.75 Å². The summed E-state index contributed by atoms with van der Waals surface area (Å²) < 4.78 is 7.47. The Morgan fingerprint density at radius 3 is 2.39 bits per heavy atom. The molecule has 2 heterocycles. The van der Waals surface area contributed by atoms with Crippen LogP contribution in [0.15, 0.2) is 71.4 Å². The van der Waals surface area contributed by atoms with Gasteiger partial charge in [-0.1, -0.05) is 73.4 Å². The van der Waals surface area contributed by atoms with E-state index in [4.69, 9.17) is 27.7 Å². The summed E-state index contributed by atoms with van der Waals surface area (Å²) >= 11 is 12.6. The minimum atomic E-state index is -0.182. The molecule has 0 fully saturated rings. The Balaban J connectivity index is 1.72. The Hall–Kier alpha value is -3.28. The first-order valence-electron chi connectivity index (χ1n) is 10.5. The zero-order valence-corrected chi connectivity index (χ0v) is 19.8. The first-order valence-corrected chi connectivity index (χ1v) is 11.2. The lowest BCUT2D eigenvalue weighted by atomic mass is 9.85. The molecule has 0 aliphatic carbocycles. The Kier molecular flexibility index (Phi) is 5.19. The van der Waals surface area contributed by atoms with Crippen LogP contribution in [0.5, 0.6) is 5.75 Å². The summed E-state index contributed by atoms with van der Waals surface area (Å²) in [6.07, 6.45) is 1.95. The van der Waals surface area contributed by atoms with Crippen LogP contribution < -0.4 is 0 Å². The number of hydrogen-bond donors (Lipinski definition) is 1. The third kappa shape index (κ3) is 3.77. The second-order valence-electron chi connectivity index (χ2n) is 8.91. The van der Waals surface area contributed by atoms with Gasteiger partial charge in [-0.05, 0) is 52.8 Å². The normalized spacial score (nSPS) is 11.9. The maximum absolute atomic E-state index is 11.4. The molecular formula is C26H21Cl2N3O2. The van der Waals surface area contributed by atoms with Crippen LogP contribution in [-0.4, -0.2) is 19.8 Å². The summed E-state index contributed by atoms with van der Waals surface area (Å²) in [6.45, 7) is 6.35. The molecule has 0 aliphatic rings. The molecule has 5 rings (SSSR count). The van der Waals surface area contributed by atoms with Crippen LogP contribution in [0.25, 0.3) is 39.4 Å². The van der Waals surface area contributed by atoms with Crippen molar-refractivity contribution in [1.29, 1.82) is 0 Å². The van der Waals surface area contributed by atoms with Gasteiger partial charge in [-0.15, -0.1) is 0 Å². The zero-order valence-electron chi connectivity index (χ0n) is 18.3. The van der Waals surface area contributed by atoms with Crippen LogP contribution in [0.1, 0.15) is 26.3 Å². The largest absolute Gasteiger partial charge is 0.505 e. The summed E-state index contributed by atoms with van der Waals surface area (Å²) in [7, 11) is 0. The number of fused-ring (bicyclic) bond motifs is 1. The van der Waals surface area contributed by atoms with Crippen molar-refractivity contribution in [3.63, 3.8) is 0 Å². The second-order valence-corrected chi connectivity index (χ2v) is 9.72. The van der Waals surface area contributed by atoms with Crippen molar-refractivity contribution in [2.45, 2.75) is 26.2 Å². The van der Waals surface area contributed by atoms with Gasteiger partial charge < -0.3 is 14.2 Å². The fraction of sp³-hybridized carbons (Fsp3) is 0.154. The molecule has 33 heavy (non-hydrogen) atoms. The fourth-order valence-electron chi connectivity index (χ4n) is 3.84.